The van der Waals surface area contributed by atoms with Gasteiger partial charge in [0.05, 0.1) is 24.9 Å². The van der Waals surface area contributed by atoms with Crippen LogP contribution in [0.4, 0.5) is 5.69 Å². The van der Waals surface area contributed by atoms with E-state index in [0.29, 0.717) is 5.11 Å². The van der Waals surface area contributed by atoms with Crippen LogP contribution in [0.1, 0.15) is 45.9 Å². The topological polar surface area (TPSA) is 51.6 Å². The lowest BCUT2D eigenvalue weighted by atomic mass is 9.96. The molecule has 1 aliphatic heterocycles. The molecule has 42 heavy (non-hydrogen) atoms. The lowest BCUT2D eigenvalue weighted by molar-refractivity contribution is 0.413. The van der Waals surface area contributed by atoms with E-state index in [1.165, 1.54) is 33.8 Å². The molecule has 212 valence electrons. The number of hydrogen-bond donors (Lipinski definition) is 1. The van der Waals surface area contributed by atoms with Gasteiger partial charge >= 0.3 is 0 Å². The number of aromatic nitrogens is 2. The number of nitrogens with zero attached hydrogens (tertiary/aromatic N) is 3. The van der Waals surface area contributed by atoms with Gasteiger partial charge in [-0.05, 0) is 129 Å². The molecule has 6 rings (SSSR count). The smallest absolute Gasteiger partial charge is 0.174 e. The minimum atomic E-state index is -0.124. The second-order valence-corrected chi connectivity index (χ2v) is 11.1. The van der Waals surface area contributed by atoms with Crippen LogP contribution in [-0.4, -0.2) is 21.8 Å². The highest BCUT2D eigenvalue weighted by Gasteiger charge is 2.42. The average molecular weight is 575 g/mol. The van der Waals surface area contributed by atoms with E-state index in [9.17, 15) is 0 Å². The molecule has 5 aromatic rings. The molecule has 1 N–H and O–H groups in total. The van der Waals surface area contributed by atoms with E-state index in [4.69, 9.17) is 26.7 Å². The zero-order valence-corrected chi connectivity index (χ0v) is 25.3. The fourth-order valence-electron chi connectivity index (χ4n) is 5.82. The summed E-state index contributed by atoms with van der Waals surface area (Å²) >= 11 is 5.99. The predicted molar refractivity (Wildman–Crippen MR) is 172 cm³/mol. The summed E-state index contributed by atoms with van der Waals surface area (Å²) in [5.74, 6) is 2.28. The van der Waals surface area contributed by atoms with E-state index in [-0.39, 0.29) is 12.1 Å². The van der Waals surface area contributed by atoms with Crippen LogP contribution in [0, 0.1) is 27.7 Å². The zero-order chi connectivity index (χ0) is 29.4. The van der Waals surface area contributed by atoms with Crippen molar-refractivity contribution in [3.8, 4) is 22.9 Å². The molecule has 0 radical (unpaired) electrons. The van der Waals surface area contributed by atoms with Gasteiger partial charge in [0.25, 0.3) is 0 Å². The molecular weight excluding hydrogens is 540 g/mol. The SMILES string of the molecule is COc1ccc(Oc2ccc(N3C(=S)N[C@H](c4ccccn4)[C@H]3c3cc(C)n(-c4cc(C)ccc4C)c3C)cc2)cc1. The Balaban J connectivity index is 1.40. The zero-order valence-electron chi connectivity index (χ0n) is 24.5. The monoisotopic (exact) mass is 574 g/mol. The number of benzene rings is 3. The molecule has 2 aromatic heterocycles. The van der Waals surface area contributed by atoms with Gasteiger partial charge in [-0.2, -0.15) is 0 Å². The number of methoxy groups -OCH3 is 1. The number of nitrogens with one attached hydrogen (secondary N) is 1. The molecule has 1 aliphatic rings. The maximum Gasteiger partial charge on any atom is 0.174 e. The first-order valence-corrected chi connectivity index (χ1v) is 14.4. The standard InChI is InChI=1S/C35H34N4O2S/c1-22-9-10-23(2)32(20-22)38-24(3)21-30(25(38)4)34-33(31-8-6-7-19-36-31)37-35(42)39(34)26-11-13-28(14-12-26)41-29-17-15-27(40-5)16-18-29/h6-21,33-34H,1-5H3,(H,37,42)/t33-,34-/m1/s1. The molecule has 3 aromatic carbocycles. The molecule has 6 nitrogen and oxygen atoms in total. The average Bonchev–Trinajstić information content (AvgIpc) is 3.50. The van der Waals surface area contributed by atoms with Gasteiger partial charge < -0.3 is 24.3 Å². The highest BCUT2D eigenvalue weighted by molar-refractivity contribution is 7.80. The number of rotatable bonds is 7. The van der Waals surface area contributed by atoms with Crippen LogP contribution in [0.25, 0.3) is 5.69 Å². The lowest BCUT2D eigenvalue weighted by Crippen LogP contribution is -2.29. The maximum atomic E-state index is 6.10. The van der Waals surface area contributed by atoms with E-state index >= 15 is 0 Å². The Bertz CT molecular complexity index is 1730. The lowest BCUT2D eigenvalue weighted by Gasteiger charge is -2.28. The van der Waals surface area contributed by atoms with Crippen molar-refractivity contribution in [1.82, 2.24) is 14.9 Å². The summed E-state index contributed by atoms with van der Waals surface area (Å²) in [6.45, 7) is 8.67. The van der Waals surface area contributed by atoms with Crippen molar-refractivity contribution in [2.45, 2.75) is 39.8 Å². The van der Waals surface area contributed by atoms with E-state index in [1.54, 1.807) is 7.11 Å². The summed E-state index contributed by atoms with van der Waals surface area (Å²) in [4.78, 5) is 6.94. The van der Waals surface area contributed by atoms with Gasteiger partial charge in [0.15, 0.2) is 5.11 Å². The molecule has 0 amide bonds. The van der Waals surface area contributed by atoms with Crippen LogP contribution in [0.5, 0.6) is 17.2 Å². The van der Waals surface area contributed by atoms with Crippen molar-refractivity contribution < 1.29 is 9.47 Å². The molecule has 1 fully saturated rings. The Morgan fingerprint density at radius 1 is 0.810 bits per heavy atom. The molecule has 7 heteroatoms. The van der Waals surface area contributed by atoms with Gasteiger partial charge in [-0.15, -0.1) is 0 Å². The fraction of sp³-hybridized carbons (Fsp3) is 0.200. The number of ether oxygens (including phenoxy) is 2. The molecule has 2 atom stereocenters. The number of thiocarbonyl (C=S) groups is 1. The van der Waals surface area contributed by atoms with Crippen LogP contribution in [-0.2, 0) is 0 Å². The van der Waals surface area contributed by atoms with Crippen molar-refractivity contribution in [2.75, 3.05) is 12.0 Å². The van der Waals surface area contributed by atoms with Crippen LogP contribution in [0.3, 0.4) is 0 Å². The van der Waals surface area contributed by atoms with Gasteiger partial charge in [0.2, 0.25) is 0 Å². The molecular formula is C35H34N4O2S. The van der Waals surface area contributed by atoms with E-state index in [1.807, 2.05) is 54.7 Å². The quantitative estimate of drug-likeness (QED) is 0.198. The largest absolute Gasteiger partial charge is 0.497 e. The Morgan fingerprint density at radius 2 is 1.50 bits per heavy atom. The minimum absolute atomic E-state index is 0.106. The molecule has 0 spiro atoms. The third-order valence-corrected chi connectivity index (χ3v) is 8.22. The Hall–Kier alpha value is -4.62. The molecule has 0 aliphatic carbocycles. The predicted octanol–water partition coefficient (Wildman–Crippen LogP) is 8.08. The van der Waals surface area contributed by atoms with Crippen molar-refractivity contribution in [1.29, 1.82) is 0 Å². The first-order chi connectivity index (χ1) is 20.3. The number of aryl methyl sites for hydroxylation is 3. The molecule has 3 heterocycles. The Labute approximate surface area is 252 Å². The molecule has 0 unspecified atom stereocenters. The normalized spacial score (nSPS) is 16.4. The van der Waals surface area contributed by atoms with Gasteiger partial charge in [0.1, 0.15) is 17.2 Å². The van der Waals surface area contributed by atoms with E-state index < -0.39 is 0 Å². The van der Waals surface area contributed by atoms with Crippen molar-refractivity contribution in [2.24, 2.45) is 0 Å². The van der Waals surface area contributed by atoms with Crippen molar-refractivity contribution in [3.63, 3.8) is 0 Å². The third-order valence-electron chi connectivity index (χ3n) is 7.90. The third kappa shape index (κ3) is 5.12. The van der Waals surface area contributed by atoms with E-state index in [2.05, 4.69) is 84.9 Å². The van der Waals surface area contributed by atoms with Crippen molar-refractivity contribution >= 4 is 23.0 Å². The van der Waals surface area contributed by atoms with Crippen LogP contribution < -0.4 is 19.7 Å². The fourth-order valence-corrected chi connectivity index (χ4v) is 6.17. The van der Waals surface area contributed by atoms with Crippen LogP contribution in [0.15, 0.2) is 97.2 Å². The second-order valence-electron chi connectivity index (χ2n) is 10.7. The minimum Gasteiger partial charge on any atom is -0.497 e. The van der Waals surface area contributed by atoms with Gasteiger partial charge in [-0.1, -0.05) is 18.2 Å². The first-order valence-electron chi connectivity index (χ1n) is 14.0. The molecule has 0 bridgehead atoms. The maximum absolute atomic E-state index is 6.10. The Morgan fingerprint density at radius 3 is 2.17 bits per heavy atom. The number of anilines is 1. The second kappa shape index (κ2) is 11.3. The summed E-state index contributed by atoms with van der Waals surface area (Å²) in [6.07, 6.45) is 1.84. The summed E-state index contributed by atoms with van der Waals surface area (Å²) < 4.78 is 13.7. The summed E-state index contributed by atoms with van der Waals surface area (Å²) in [5.41, 5.74) is 9.16. The molecule has 0 saturated carbocycles. The van der Waals surface area contributed by atoms with Gasteiger partial charge in [0, 0.05) is 29.0 Å². The van der Waals surface area contributed by atoms with Crippen LogP contribution in [0.2, 0.25) is 0 Å². The summed E-state index contributed by atoms with van der Waals surface area (Å²) in [5, 5.41) is 4.25. The highest BCUT2D eigenvalue weighted by Crippen LogP contribution is 2.44. The van der Waals surface area contributed by atoms with E-state index in [0.717, 1.165) is 28.6 Å². The number of pyridine rings is 1. The van der Waals surface area contributed by atoms with Crippen molar-refractivity contribution in [3.05, 3.63) is 131 Å². The summed E-state index contributed by atoms with van der Waals surface area (Å²) in [6, 6.07) is 30.3. The van der Waals surface area contributed by atoms with Gasteiger partial charge in [-0.3, -0.25) is 4.98 Å². The number of hydrogen-bond acceptors (Lipinski definition) is 4. The highest BCUT2D eigenvalue weighted by atomic mass is 32.1. The first kappa shape index (κ1) is 27.5. The van der Waals surface area contributed by atoms with Crippen LogP contribution >= 0.6 is 12.2 Å². The Kier molecular flexibility index (Phi) is 7.43. The molecule has 1 saturated heterocycles. The van der Waals surface area contributed by atoms with Gasteiger partial charge in [-0.25, -0.2) is 0 Å². The summed E-state index contributed by atoms with van der Waals surface area (Å²) in [7, 11) is 1.65.